The van der Waals surface area contributed by atoms with Crippen molar-refractivity contribution < 1.29 is 18.5 Å². The topological polar surface area (TPSA) is 74.7 Å². The number of halogens is 1. The molecule has 1 saturated heterocycles. The van der Waals surface area contributed by atoms with E-state index in [9.17, 15) is 9.00 Å². The molecule has 3 atom stereocenters. The minimum atomic E-state index is -1.58. The first-order valence-corrected chi connectivity index (χ1v) is 18.7. The van der Waals surface area contributed by atoms with E-state index in [4.69, 9.17) is 21.1 Å². The molecular formula is C36H48ClN4O4S-. The zero-order valence-electron chi connectivity index (χ0n) is 27.1. The lowest BCUT2D eigenvalue weighted by molar-refractivity contribution is -0.0234. The van der Waals surface area contributed by atoms with Gasteiger partial charge in [-0.15, -0.1) is 0 Å². The number of hydrogen-bond donors (Lipinski definition) is 0. The third kappa shape index (κ3) is 8.72. The van der Waals surface area contributed by atoms with Gasteiger partial charge in [-0.25, -0.2) is 0 Å². The van der Waals surface area contributed by atoms with Crippen LogP contribution in [0.15, 0.2) is 52.9 Å². The van der Waals surface area contributed by atoms with E-state index >= 15 is 0 Å². The van der Waals surface area contributed by atoms with Gasteiger partial charge in [0.25, 0.3) is 5.91 Å². The number of piperazine rings is 1. The van der Waals surface area contributed by atoms with Crippen LogP contribution in [-0.4, -0.2) is 87.1 Å². The summed E-state index contributed by atoms with van der Waals surface area (Å²) in [5.74, 6) is 1.51. The van der Waals surface area contributed by atoms with Gasteiger partial charge in [-0.1, -0.05) is 42.0 Å². The second-order valence-electron chi connectivity index (χ2n) is 13.3. The van der Waals surface area contributed by atoms with E-state index in [1.807, 2.05) is 18.2 Å². The SMILES string of the molecule is CN1CCN(CCOC2C=CCCC[S-](=O)=NC(=O)c3ccc4c(c3)N(Cc3ccc(Cl)cc3CCCCO4)CC3CCC32)CC1. The molecule has 0 spiro atoms. The second-order valence-corrected chi connectivity index (χ2v) is 14.9. The number of likely N-dealkylation sites (N-methyl/N-ethyl adjacent to an activating group) is 1. The first-order valence-electron chi connectivity index (χ1n) is 17.1. The molecule has 0 aromatic heterocycles. The minimum Gasteiger partial charge on any atom is -0.491 e. The molecule has 2 fully saturated rings. The van der Waals surface area contributed by atoms with Gasteiger partial charge in [0.1, 0.15) is 5.75 Å². The van der Waals surface area contributed by atoms with E-state index in [2.05, 4.69) is 50.4 Å². The van der Waals surface area contributed by atoms with Crippen LogP contribution in [0.2, 0.25) is 5.02 Å². The number of hydrogen-bond acceptors (Lipinski definition) is 8. The van der Waals surface area contributed by atoms with E-state index in [0.717, 1.165) is 94.3 Å². The van der Waals surface area contributed by atoms with E-state index in [1.54, 1.807) is 6.07 Å². The van der Waals surface area contributed by atoms with Crippen molar-refractivity contribution in [3.63, 3.8) is 0 Å². The van der Waals surface area contributed by atoms with Crippen molar-refractivity contribution >= 4 is 33.8 Å². The van der Waals surface area contributed by atoms with Crippen molar-refractivity contribution in [1.82, 2.24) is 9.80 Å². The normalized spacial score (nSPS) is 25.7. The van der Waals surface area contributed by atoms with Crippen LogP contribution in [0.3, 0.4) is 0 Å². The highest BCUT2D eigenvalue weighted by molar-refractivity contribution is 7.75. The number of nitrogens with zero attached hydrogens (tertiary/aromatic N) is 4. The predicted molar refractivity (Wildman–Crippen MR) is 185 cm³/mol. The molecule has 0 radical (unpaired) electrons. The van der Waals surface area contributed by atoms with Crippen molar-refractivity contribution in [1.29, 1.82) is 0 Å². The van der Waals surface area contributed by atoms with E-state index < -0.39 is 16.5 Å². The van der Waals surface area contributed by atoms with Gasteiger partial charge in [-0.3, -0.25) is 9.69 Å². The Bertz CT molecular complexity index is 1470. The maximum absolute atomic E-state index is 13.2. The number of benzene rings is 2. The molecule has 3 unspecified atom stereocenters. The summed E-state index contributed by atoms with van der Waals surface area (Å²) in [7, 11) is 0.610. The van der Waals surface area contributed by atoms with Gasteiger partial charge in [0, 0.05) is 56.4 Å². The van der Waals surface area contributed by atoms with Crippen molar-refractivity contribution in [3.8, 4) is 5.75 Å². The smallest absolute Gasteiger partial charge is 0.254 e. The number of ether oxygens (including phenoxy) is 2. The number of amides is 1. The molecule has 1 amide bonds. The Morgan fingerprint density at radius 3 is 2.74 bits per heavy atom. The fourth-order valence-corrected chi connectivity index (χ4v) is 8.04. The molecule has 10 heteroatoms. The highest BCUT2D eigenvalue weighted by Crippen LogP contribution is 2.42. The van der Waals surface area contributed by atoms with Crippen LogP contribution >= 0.6 is 11.6 Å². The molecule has 2 aromatic rings. The fraction of sp³-hybridized carbons (Fsp3) is 0.583. The maximum atomic E-state index is 13.2. The summed E-state index contributed by atoms with van der Waals surface area (Å²) in [6, 6.07) is 11.8. The number of allylic oxidation sites excluding steroid dienone is 1. The largest absolute Gasteiger partial charge is 0.491 e. The Balaban J connectivity index is 1.31. The van der Waals surface area contributed by atoms with Gasteiger partial charge in [0.2, 0.25) is 0 Å². The third-order valence-corrected chi connectivity index (χ3v) is 11.3. The zero-order valence-corrected chi connectivity index (χ0v) is 28.7. The van der Waals surface area contributed by atoms with E-state index in [-0.39, 0.29) is 6.10 Å². The summed E-state index contributed by atoms with van der Waals surface area (Å²) >= 11 is 6.47. The zero-order chi connectivity index (χ0) is 31.9. The summed E-state index contributed by atoms with van der Waals surface area (Å²) in [5.41, 5.74) is 3.83. The number of carbonyl (C=O) groups excluding carboxylic acids is 1. The monoisotopic (exact) mass is 667 g/mol. The fourth-order valence-electron chi connectivity index (χ4n) is 7.05. The number of fused-ring (bicyclic) bond motifs is 3. The van der Waals surface area contributed by atoms with Crippen LogP contribution in [0.25, 0.3) is 0 Å². The van der Waals surface area contributed by atoms with Gasteiger partial charge in [0.15, 0.2) is 0 Å². The first kappa shape index (κ1) is 33.5. The van der Waals surface area contributed by atoms with Gasteiger partial charge < -0.3 is 27.8 Å². The van der Waals surface area contributed by atoms with Crippen LogP contribution < -0.4 is 9.64 Å². The predicted octanol–water partition coefficient (Wildman–Crippen LogP) is 6.36. The molecule has 0 N–H and O–H groups in total. The first-order chi connectivity index (χ1) is 22.4. The lowest BCUT2D eigenvalue weighted by Gasteiger charge is -2.44. The molecular weight excluding hydrogens is 620 g/mol. The Morgan fingerprint density at radius 1 is 1.04 bits per heavy atom. The van der Waals surface area contributed by atoms with Crippen molar-refractivity contribution in [2.24, 2.45) is 16.2 Å². The number of aryl methyl sites for hydroxylation is 1. The summed E-state index contributed by atoms with van der Waals surface area (Å²) in [6.07, 6.45) is 11.1. The van der Waals surface area contributed by atoms with E-state index in [0.29, 0.717) is 49.3 Å². The standard InChI is InChI=1S/C36H48ClN4O4S/c1-39-15-17-40(18-16-39)19-21-45-34-8-3-2-6-22-46(43)38-36(42)28-11-14-35-33(24-28)41(26-30-10-13-32(30)34)25-29-9-12-31(37)23-27(29)7-4-5-20-44-35/h3,8-9,11-12,14,23-24,30,32,34H,2,4-7,10,13,15-22,25-26H2,1H3/q-1. The average molecular weight is 668 g/mol. The molecule has 46 heavy (non-hydrogen) atoms. The molecule has 250 valence electrons. The third-order valence-electron chi connectivity index (χ3n) is 10.0. The van der Waals surface area contributed by atoms with Crippen LogP contribution in [0.5, 0.6) is 5.75 Å². The lowest BCUT2D eigenvalue weighted by Crippen LogP contribution is -2.46. The summed E-state index contributed by atoms with van der Waals surface area (Å²) in [4.78, 5) is 20.5. The van der Waals surface area contributed by atoms with Gasteiger partial charge in [-0.2, -0.15) is 10.6 Å². The van der Waals surface area contributed by atoms with Crippen molar-refractivity contribution in [2.45, 2.75) is 57.6 Å². The Morgan fingerprint density at radius 2 is 1.91 bits per heavy atom. The Hall–Kier alpha value is -2.43. The molecule has 1 aliphatic carbocycles. The average Bonchev–Trinajstić information content (AvgIpc) is 3.06. The number of carbonyl (C=O) groups is 1. The van der Waals surface area contributed by atoms with Gasteiger partial charge >= 0.3 is 0 Å². The molecule has 8 nitrogen and oxygen atoms in total. The number of rotatable bonds is 4. The summed E-state index contributed by atoms with van der Waals surface area (Å²) < 4.78 is 29.9. The molecule has 3 heterocycles. The van der Waals surface area contributed by atoms with Crippen LogP contribution in [0, 0.1) is 11.8 Å². The highest BCUT2D eigenvalue weighted by atomic mass is 35.5. The lowest BCUT2D eigenvalue weighted by atomic mass is 9.70. The second kappa shape index (κ2) is 16.1. The molecule has 3 aliphatic heterocycles. The van der Waals surface area contributed by atoms with E-state index in [1.165, 1.54) is 11.1 Å². The number of anilines is 1. The Kier molecular flexibility index (Phi) is 11.7. The molecule has 4 aliphatic rings. The highest BCUT2D eigenvalue weighted by Gasteiger charge is 2.38. The molecule has 2 aromatic carbocycles. The maximum Gasteiger partial charge on any atom is 0.254 e. The van der Waals surface area contributed by atoms with Gasteiger partial charge in [0.05, 0.1) is 25.0 Å². The van der Waals surface area contributed by atoms with Crippen molar-refractivity contribution in [2.75, 3.05) is 70.2 Å². The van der Waals surface area contributed by atoms with Crippen LogP contribution in [-0.2, 0) is 32.5 Å². The summed E-state index contributed by atoms with van der Waals surface area (Å²) in [5, 5.41) is 0.753. The quantitative estimate of drug-likeness (QED) is 0.278. The van der Waals surface area contributed by atoms with Crippen LogP contribution in [0.1, 0.15) is 60.0 Å². The minimum absolute atomic E-state index is 0.0352. The molecule has 2 bridgehead atoms. The van der Waals surface area contributed by atoms with Crippen LogP contribution in [0.4, 0.5) is 5.69 Å². The molecule has 1 saturated carbocycles. The van der Waals surface area contributed by atoms with Gasteiger partial charge in [-0.05, 0) is 98.9 Å². The molecule has 6 rings (SSSR count). The Labute approximate surface area is 281 Å². The summed E-state index contributed by atoms with van der Waals surface area (Å²) in [6.45, 7) is 8.13. The van der Waals surface area contributed by atoms with Crippen molar-refractivity contribution in [3.05, 3.63) is 70.3 Å².